The molecular formula is C14H8ClF3N3O. The standard InChI is InChI=1S/C14H8ClF3N3O/c15-8-22-12-7-19-10-4-2-1-3-9(10)13(12)11-5-6-21(20-11)14(16,17)18/h1-6H,8H2. The van der Waals surface area contributed by atoms with E-state index in [1.165, 1.54) is 6.07 Å². The fraction of sp³-hybridized carbons (Fsp3) is 0.143. The van der Waals surface area contributed by atoms with Gasteiger partial charge in [0.15, 0.2) is 11.8 Å². The minimum Gasteiger partial charge on any atom is -0.475 e. The van der Waals surface area contributed by atoms with Gasteiger partial charge in [-0.2, -0.15) is 9.78 Å². The molecule has 0 saturated heterocycles. The Hall–Kier alpha value is -2.28. The van der Waals surface area contributed by atoms with Crippen molar-refractivity contribution in [3.8, 4) is 17.0 Å². The van der Waals surface area contributed by atoms with Crippen LogP contribution in [0.1, 0.15) is 0 Å². The van der Waals surface area contributed by atoms with Gasteiger partial charge in [-0.1, -0.05) is 29.8 Å². The van der Waals surface area contributed by atoms with Gasteiger partial charge in [-0.15, -0.1) is 13.2 Å². The lowest BCUT2D eigenvalue weighted by molar-refractivity contribution is -0.212. The number of hydrogen-bond acceptors (Lipinski definition) is 3. The van der Waals surface area contributed by atoms with Crippen LogP contribution in [0.4, 0.5) is 13.2 Å². The molecule has 2 heterocycles. The minimum atomic E-state index is -4.59. The van der Waals surface area contributed by atoms with Crippen molar-refractivity contribution in [2.24, 2.45) is 0 Å². The van der Waals surface area contributed by atoms with E-state index >= 15 is 0 Å². The lowest BCUT2D eigenvalue weighted by Crippen LogP contribution is -2.17. The summed E-state index contributed by atoms with van der Waals surface area (Å²) in [5.74, 6) is 0.154. The molecule has 3 aromatic rings. The Bertz CT molecular complexity index is 816. The van der Waals surface area contributed by atoms with Crippen LogP contribution in [0.25, 0.3) is 22.2 Å². The van der Waals surface area contributed by atoms with Crippen LogP contribution in [0, 0.1) is 6.20 Å². The Morgan fingerprint density at radius 2 is 2.00 bits per heavy atom. The molecule has 0 atom stereocenters. The zero-order chi connectivity index (χ0) is 15.7. The highest BCUT2D eigenvalue weighted by atomic mass is 35.5. The summed E-state index contributed by atoms with van der Waals surface area (Å²) in [4.78, 5) is 4.08. The SMILES string of the molecule is FC(F)(F)n1ccc(-c2c(OCCl)[c]nc3ccccc23)n1. The third-order valence-corrected chi connectivity index (χ3v) is 3.09. The van der Waals surface area contributed by atoms with Crippen molar-refractivity contribution in [1.29, 1.82) is 0 Å². The smallest absolute Gasteiger partial charge is 0.475 e. The van der Waals surface area contributed by atoms with E-state index in [2.05, 4.69) is 16.3 Å². The first kappa shape index (κ1) is 14.6. The Morgan fingerprint density at radius 3 is 2.68 bits per heavy atom. The molecule has 0 bridgehead atoms. The van der Waals surface area contributed by atoms with Crippen LogP contribution >= 0.6 is 11.6 Å². The van der Waals surface area contributed by atoms with Crippen LogP contribution in [0.2, 0.25) is 0 Å². The van der Waals surface area contributed by atoms with E-state index in [-0.39, 0.29) is 22.2 Å². The van der Waals surface area contributed by atoms with Gasteiger partial charge in [0.1, 0.15) is 6.20 Å². The number of pyridine rings is 1. The predicted molar refractivity (Wildman–Crippen MR) is 74.4 cm³/mol. The number of ether oxygens (including phenoxy) is 1. The van der Waals surface area contributed by atoms with Gasteiger partial charge in [-0.25, -0.2) is 4.98 Å². The molecule has 0 spiro atoms. The summed E-state index contributed by atoms with van der Waals surface area (Å²) >= 11 is 5.55. The molecule has 4 nitrogen and oxygen atoms in total. The lowest BCUT2D eigenvalue weighted by atomic mass is 10.1. The molecule has 3 rings (SSSR count). The van der Waals surface area contributed by atoms with Crippen molar-refractivity contribution in [1.82, 2.24) is 14.8 Å². The van der Waals surface area contributed by atoms with E-state index in [4.69, 9.17) is 16.3 Å². The van der Waals surface area contributed by atoms with Crippen molar-refractivity contribution >= 4 is 22.5 Å². The number of nitrogens with zero attached hydrogens (tertiary/aromatic N) is 3. The monoisotopic (exact) mass is 326 g/mol. The van der Waals surface area contributed by atoms with Gasteiger partial charge in [0.25, 0.3) is 0 Å². The van der Waals surface area contributed by atoms with Crippen molar-refractivity contribution in [2.75, 3.05) is 6.07 Å². The molecule has 0 amide bonds. The summed E-state index contributed by atoms with van der Waals surface area (Å²) in [6.45, 7) is 0. The van der Waals surface area contributed by atoms with Crippen LogP contribution in [0.3, 0.4) is 0 Å². The number of para-hydroxylation sites is 1. The molecule has 22 heavy (non-hydrogen) atoms. The first-order chi connectivity index (χ1) is 10.5. The van der Waals surface area contributed by atoms with E-state index in [1.54, 1.807) is 24.3 Å². The number of aromatic nitrogens is 3. The third kappa shape index (κ3) is 2.59. The fourth-order valence-electron chi connectivity index (χ4n) is 2.08. The molecular weight excluding hydrogens is 319 g/mol. The molecule has 0 unspecified atom stereocenters. The number of benzene rings is 1. The highest BCUT2D eigenvalue weighted by molar-refractivity contribution is 6.17. The van der Waals surface area contributed by atoms with Gasteiger partial charge < -0.3 is 4.74 Å². The van der Waals surface area contributed by atoms with Crippen molar-refractivity contribution < 1.29 is 17.9 Å². The molecule has 0 aliphatic carbocycles. The van der Waals surface area contributed by atoms with E-state index < -0.39 is 6.30 Å². The first-order valence-corrected chi connectivity index (χ1v) is 6.66. The average Bonchev–Trinajstić information content (AvgIpc) is 2.97. The normalized spacial score (nSPS) is 11.8. The number of fused-ring (bicyclic) bond motifs is 1. The molecule has 0 aliphatic heterocycles. The minimum absolute atomic E-state index is 0.0674. The Balaban J connectivity index is 2.23. The van der Waals surface area contributed by atoms with Crippen molar-refractivity contribution in [3.05, 3.63) is 42.7 Å². The van der Waals surface area contributed by atoms with E-state index in [1.807, 2.05) is 0 Å². The Morgan fingerprint density at radius 1 is 1.23 bits per heavy atom. The highest BCUT2D eigenvalue weighted by Crippen LogP contribution is 2.35. The largest absolute Gasteiger partial charge is 0.504 e. The molecule has 1 aromatic carbocycles. The van der Waals surface area contributed by atoms with Crippen LogP contribution in [0.5, 0.6) is 5.75 Å². The number of halogens is 4. The number of rotatable bonds is 3. The Kier molecular flexibility index (Phi) is 3.66. The molecule has 0 fully saturated rings. The second kappa shape index (κ2) is 5.49. The molecule has 8 heteroatoms. The summed E-state index contributed by atoms with van der Waals surface area (Å²) in [5.41, 5.74) is 1.04. The van der Waals surface area contributed by atoms with Crippen LogP contribution in [-0.4, -0.2) is 20.8 Å². The summed E-state index contributed by atoms with van der Waals surface area (Å²) in [6, 6.07) is 8.04. The maximum atomic E-state index is 12.7. The maximum Gasteiger partial charge on any atom is 0.504 e. The van der Waals surface area contributed by atoms with Gasteiger partial charge in [0, 0.05) is 11.6 Å². The third-order valence-electron chi connectivity index (χ3n) is 2.98. The topological polar surface area (TPSA) is 39.9 Å². The molecule has 0 aliphatic rings. The average molecular weight is 327 g/mol. The fourth-order valence-corrected chi connectivity index (χ4v) is 2.19. The Labute approximate surface area is 128 Å². The quantitative estimate of drug-likeness (QED) is 0.684. The lowest BCUT2D eigenvalue weighted by Gasteiger charge is -2.10. The number of hydrogen-bond donors (Lipinski definition) is 0. The van der Waals surface area contributed by atoms with Gasteiger partial charge in [-0.05, 0) is 12.1 Å². The molecule has 0 saturated carbocycles. The van der Waals surface area contributed by atoms with E-state index in [0.717, 1.165) is 6.20 Å². The zero-order valence-electron chi connectivity index (χ0n) is 10.9. The van der Waals surface area contributed by atoms with Crippen molar-refractivity contribution in [3.63, 3.8) is 0 Å². The summed E-state index contributed by atoms with van der Waals surface area (Å²) < 4.78 is 43.3. The van der Waals surface area contributed by atoms with Crippen molar-refractivity contribution in [2.45, 2.75) is 6.30 Å². The summed E-state index contributed by atoms with van der Waals surface area (Å²) in [5, 5.41) is 4.17. The van der Waals surface area contributed by atoms with Gasteiger partial charge in [0.05, 0.1) is 16.8 Å². The molecule has 1 radical (unpaired) electrons. The first-order valence-electron chi connectivity index (χ1n) is 6.13. The maximum absolute atomic E-state index is 12.7. The van der Waals surface area contributed by atoms with Gasteiger partial charge in [-0.3, -0.25) is 0 Å². The van der Waals surface area contributed by atoms with Crippen LogP contribution in [0.15, 0.2) is 36.5 Å². The van der Waals surface area contributed by atoms with Gasteiger partial charge >= 0.3 is 6.30 Å². The van der Waals surface area contributed by atoms with E-state index in [0.29, 0.717) is 16.5 Å². The predicted octanol–water partition coefficient (Wildman–Crippen LogP) is 3.95. The second-order valence-electron chi connectivity index (χ2n) is 4.31. The summed E-state index contributed by atoms with van der Waals surface area (Å²) in [6.07, 6.45) is -1.10. The van der Waals surface area contributed by atoms with E-state index in [9.17, 15) is 13.2 Å². The van der Waals surface area contributed by atoms with Crippen LogP contribution in [-0.2, 0) is 6.30 Å². The summed E-state index contributed by atoms with van der Waals surface area (Å²) in [7, 11) is 0. The van der Waals surface area contributed by atoms with Gasteiger partial charge in [0.2, 0.25) is 0 Å². The molecule has 2 aromatic heterocycles. The molecule has 113 valence electrons. The second-order valence-corrected chi connectivity index (χ2v) is 4.53. The van der Waals surface area contributed by atoms with Crippen LogP contribution < -0.4 is 4.74 Å². The molecule has 0 N–H and O–H groups in total. The highest BCUT2D eigenvalue weighted by Gasteiger charge is 2.32. The zero-order valence-corrected chi connectivity index (χ0v) is 11.7. The number of alkyl halides is 4.